The third-order valence-corrected chi connectivity index (χ3v) is 2.09. The third-order valence-electron chi connectivity index (χ3n) is 1.44. The fourth-order valence-corrected chi connectivity index (χ4v) is 1.22. The summed E-state index contributed by atoms with van der Waals surface area (Å²) in [7, 11) is 0. The second-order valence-corrected chi connectivity index (χ2v) is 3.24. The van der Waals surface area contributed by atoms with Crippen molar-refractivity contribution in [3.05, 3.63) is 22.2 Å². The Kier molecular flexibility index (Phi) is 2.42. The number of hydrogen-bond acceptors (Lipinski definition) is 2. The van der Waals surface area contributed by atoms with Crippen LogP contribution in [0.25, 0.3) is 0 Å². The van der Waals surface area contributed by atoms with Crippen molar-refractivity contribution < 1.29 is 18.3 Å². The van der Waals surface area contributed by atoms with Crippen LogP contribution in [0.15, 0.2) is 16.6 Å². The summed E-state index contributed by atoms with van der Waals surface area (Å²) < 4.78 is 36.3. The quantitative estimate of drug-likeness (QED) is 0.553. The van der Waals surface area contributed by atoms with Crippen LogP contribution in [0.1, 0.15) is 5.56 Å². The Morgan fingerprint density at radius 3 is 2.23 bits per heavy atom. The molecule has 0 saturated carbocycles. The molecule has 0 unspecified atom stereocenters. The molecule has 0 fully saturated rings. The van der Waals surface area contributed by atoms with E-state index in [1.54, 1.807) is 0 Å². The summed E-state index contributed by atoms with van der Waals surface area (Å²) in [5.74, 6) is -0.582. The number of halogens is 4. The normalized spacial score (nSPS) is 11.7. The largest absolute Gasteiger partial charge is 0.506 e. The van der Waals surface area contributed by atoms with Gasteiger partial charge in [0.15, 0.2) is 0 Å². The molecule has 0 radical (unpaired) electrons. The maximum atomic E-state index is 12.1. The standard InChI is InChI=1S/C7H5BrF3NO/c8-4-1-3(7(9,10)11)2-5(13)6(4)12/h1-2,13H,12H2. The first-order valence-electron chi connectivity index (χ1n) is 3.17. The second kappa shape index (κ2) is 3.10. The molecule has 0 bridgehead atoms. The van der Waals surface area contributed by atoms with E-state index in [1.165, 1.54) is 0 Å². The number of phenols is 1. The fraction of sp³-hybridized carbons (Fsp3) is 0.143. The lowest BCUT2D eigenvalue weighted by Crippen LogP contribution is -2.05. The summed E-state index contributed by atoms with van der Waals surface area (Å²) >= 11 is 2.80. The van der Waals surface area contributed by atoms with Gasteiger partial charge in [-0.3, -0.25) is 0 Å². The highest BCUT2D eigenvalue weighted by Crippen LogP contribution is 2.37. The van der Waals surface area contributed by atoms with Crippen molar-refractivity contribution in [1.29, 1.82) is 0 Å². The smallest absolute Gasteiger partial charge is 0.416 e. The lowest BCUT2D eigenvalue weighted by atomic mass is 10.2. The number of anilines is 1. The van der Waals surface area contributed by atoms with Crippen molar-refractivity contribution in [1.82, 2.24) is 0 Å². The molecule has 1 aromatic rings. The van der Waals surface area contributed by atoms with Crippen LogP contribution in [0.4, 0.5) is 18.9 Å². The van der Waals surface area contributed by atoms with Gasteiger partial charge in [0.05, 0.1) is 11.3 Å². The third kappa shape index (κ3) is 2.06. The van der Waals surface area contributed by atoms with Crippen LogP contribution < -0.4 is 5.73 Å². The molecule has 0 aliphatic rings. The summed E-state index contributed by atoms with van der Waals surface area (Å²) in [5.41, 5.74) is 4.19. The monoisotopic (exact) mass is 255 g/mol. The maximum absolute atomic E-state index is 12.1. The number of aromatic hydroxyl groups is 1. The van der Waals surface area contributed by atoms with Crippen LogP contribution in [0.5, 0.6) is 5.75 Å². The number of phenolic OH excluding ortho intramolecular Hbond substituents is 1. The molecule has 0 spiro atoms. The zero-order valence-corrected chi connectivity index (χ0v) is 7.78. The first-order chi connectivity index (χ1) is 5.82. The number of rotatable bonds is 0. The first kappa shape index (κ1) is 10.2. The minimum atomic E-state index is -4.48. The molecule has 0 amide bonds. The van der Waals surface area contributed by atoms with Crippen molar-refractivity contribution in [3.63, 3.8) is 0 Å². The number of benzene rings is 1. The molecule has 0 aliphatic heterocycles. The Bertz CT molecular complexity index is 314. The molecule has 13 heavy (non-hydrogen) atoms. The van der Waals surface area contributed by atoms with Crippen LogP contribution in [-0.2, 0) is 6.18 Å². The Morgan fingerprint density at radius 1 is 1.31 bits per heavy atom. The molecule has 0 aromatic heterocycles. The summed E-state index contributed by atoms with van der Waals surface area (Å²) in [6, 6.07) is 1.40. The topological polar surface area (TPSA) is 46.2 Å². The van der Waals surface area contributed by atoms with Gasteiger partial charge in [-0.15, -0.1) is 0 Å². The average molecular weight is 256 g/mol. The van der Waals surface area contributed by atoms with E-state index < -0.39 is 17.5 Å². The van der Waals surface area contributed by atoms with Gasteiger partial charge >= 0.3 is 6.18 Å². The molecule has 6 heteroatoms. The molecule has 0 saturated heterocycles. The Morgan fingerprint density at radius 2 is 1.85 bits per heavy atom. The van der Waals surface area contributed by atoms with E-state index in [4.69, 9.17) is 10.8 Å². The van der Waals surface area contributed by atoms with Crippen molar-refractivity contribution in [3.8, 4) is 5.75 Å². The predicted molar refractivity (Wildman–Crippen MR) is 45.2 cm³/mol. The van der Waals surface area contributed by atoms with Gasteiger partial charge < -0.3 is 10.8 Å². The Labute approximate surface area is 80.3 Å². The van der Waals surface area contributed by atoms with Crippen LogP contribution in [-0.4, -0.2) is 5.11 Å². The van der Waals surface area contributed by atoms with Gasteiger partial charge in [0.1, 0.15) is 5.75 Å². The zero-order chi connectivity index (χ0) is 10.2. The number of nitrogens with two attached hydrogens (primary N) is 1. The molecule has 0 atom stereocenters. The fourth-order valence-electron chi connectivity index (χ4n) is 0.767. The van der Waals surface area contributed by atoms with Gasteiger partial charge in [0.2, 0.25) is 0 Å². The zero-order valence-electron chi connectivity index (χ0n) is 6.19. The minimum Gasteiger partial charge on any atom is -0.506 e. The molecule has 72 valence electrons. The van der Waals surface area contributed by atoms with Gasteiger partial charge in [-0.1, -0.05) is 0 Å². The lowest BCUT2D eigenvalue weighted by molar-refractivity contribution is -0.137. The molecule has 3 N–H and O–H groups in total. The van der Waals surface area contributed by atoms with Gasteiger partial charge in [-0.25, -0.2) is 0 Å². The van der Waals surface area contributed by atoms with E-state index in [9.17, 15) is 13.2 Å². The van der Waals surface area contributed by atoms with Crippen LogP contribution in [0, 0.1) is 0 Å². The molecule has 1 rings (SSSR count). The molecular formula is C7H5BrF3NO. The summed E-state index contributed by atoms with van der Waals surface area (Å²) in [6.07, 6.45) is -4.48. The van der Waals surface area contributed by atoms with Gasteiger partial charge in [-0.2, -0.15) is 13.2 Å². The molecule has 2 nitrogen and oxygen atoms in total. The summed E-state index contributed by atoms with van der Waals surface area (Å²) in [4.78, 5) is 0. The van der Waals surface area contributed by atoms with Crippen LogP contribution >= 0.6 is 15.9 Å². The SMILES string of the molecule is Nc1c(O)cc(C(F)(F)F)cc1Br. The van der Waals surface area contributed by atoms with Crippen molar-refractivity contribution in [2.45, 2.75) is 6.18 Å². The highest BCUT2D eigenvalue weighted by Gasteiger charge is 2.31. The molecule has 0 heterocycles. The van der Waals surface area contributed by atoms with E-state index in [0.717, 1.165) is 6.07 Å². The lowest BCUT2D eigenvalue weighted by Gasteiger charge is -2.09. The molecular weight excluding hydrogens is 251 g/mol. The van der Waals surface area contributed by atoms with Gasteiger partial charge in [0.25, 0.3) is 0 Å². The van der Waals surface area contributed by atoms with Gasteiger partial charge in [-0.05, 0) is 28.1 Å². The molecule has 1 aromatic carbocycles. The van der Waals surface area contributed by atoms with E-state index in [1.807, 2.05) is 0 Å². The number of alkyl halides is 3. The summed E-state index contributed by atoms with van der Waals surface area (Å²) in [5, 5.41) is 8.99. The summed E-state index contributed by atoms with van der Waals surface area (Å²) in [6.45, 7) is 0. The molecule has 0 aliphatic carbocycles. The minimum absolute atomic E-state index is 0.0276. The van der Waals surface area contributed by atoms with Crippen molar-refractivity contribution >= 4 is 21.6 Å². The van der Waals surface area contributed by atoms with E-state index >= 15 is 0 Å². The van der Waals surface area contributed by atoms with E-state index in [-0.39, 0.29) is 10.2 Å². The maximum Gasteiger partial charge on any atom is 0.416 e. The van der Waals surface area contributed by atoms with E-state index in [2.05, 4.69) is 15.9 Å². The first-order valence-corrected chi connectivity index (χ1v) is 3.97. The average Bonchev–Trinajstić information content (AvgIpc) is 1.97. The highest BCUT2D eigenvalue weighted by atomic mass is 79.9. The van der Waals surface area contributed by atoms with E-state index in [0.29, 0.717) is 6.07 Å². The van der Waals surface area contributed by atoms with Crippen LogP contribution in [0.3, 0.4) is 0 Å². The number of nitrogen functional groups attached to an aromatic ring is 1. The van der Waals surface area contributed by atoms with Gasteiger partial charge in [0, 0.05) is 4.47 Å². The van der Waals surface area contributed by atoms with Crippen molar-refractivity contribution in [2.24, 2.45) is 0 Å². The Hall–Kier alpha value is -0.910. The predicted octanol–water partition coefficient (Wildman–Crippen LogP) is 2.76. The van der Waals surface area contributed by atoms with Crippen molar-refractivity contribution in [2.75, 3.05) is 5.73 Å². The van der Waals surface area contributed by atoms with Crippen LogP contribution in [0.2, 0.25) is 0 Å². The Balaban J connectivity index is 3.29. The number of hydrogen-bond donors (Lipinski definition) is 2. The highest BCUT2D eigenvalue weighted by molar-refractivity contribution is 9.10. The second-order valence-electron chi connectivity index (χ2n) is 2.39.